The number of likely N-dealkylation sites (tertiary alicyclic amines) is 1. The third-order valence-corrected chi connectivity index (χ3v) is 5.46. The molecule has 1 saturated heterocycles. The Hall–Kier alpha value is -3.16. The van der Waals surface area contributed by atoms with Gasteiger partial charge in [-0.15, -0.1) is 0 Å². The van der Waals surface area contributed by atoms with E-state index >= 15 is 0 Å². The van der Waals surface area contributed by atoms with Gasteiger partial charge in [0.25, 0.3) is 0 Å². The summed E-state index contributed by atoms with van der Waals surface area (Å²) < 4.78 is 1.64. The van der Waals surface area contributed by atoms with Crippen molar-refractivity contribution >= 4 is 17.8 Å². The molecule has 1 fully saturated rings. The standard InChI is InChI=1S/C21H26N4O4/c1-24-13-16(12-23-24)19-17(8-9-18(26)25(19)2)20(27)22-11-15(21(28)29)10-14-6-4-3-5-7-14/h3-7,12-13,15,17,19H,8-11H2,1-2H3,(H,22,27)(H,28,29)/t15-,17-,19+/m0/s1. The van der Waals surface area contributed by atoms with E-state index in [1.54, 1.807) is 36.1 Å². The first-order chi connectivity index (χ1) is 13.9. The number of carbonyl (C=O) groups is 3. The fraction of sp³-hybridized carbons (Fsp3) is 0.429. The molecule has 1 aliphatic rings. The lowest BCUT2D eigenvalue weighted by Crippen LogP contribution is -2.47. The molecule has 8 heteroatoms. The van der Waals surface area contributed by atoms with Gasteiger partial charge >= 0.3 is 5.97 Å². The summed E-state index contributed by atoms with van der Waals surface area (Å²) in [6, 6.07) is 8.93. The number of carboxylic acid groups (broad SMARTS) is 1. The maximum atomic E-state index is 13.0. The Morgan fingerprint density at radius 2 is 2.00 bits per heavy atom. The van der Waals surface area contributed by atoms with Gasteiger partial charge in [0, 0.05) is 38.8 Å². The summed E-state index contributed by atoms with van der Waals surface area (Å²) in [5, 5.41) is 16.5. The van der Waals surface area contributed by atoms with Gasteiger partial charge in [0.2, 0.25) is 11.8 Å². The number of carbonyl (C=O) groups excluding carboxylic acids is 2. The van der Waals surface area contributed by atoms with E-state index in [0.29, 0.717) is 12.8 Å². The minimum atomic E-state index is -0.950. The molecule has 0 aliphatic carbocycles. The molecule has 3 rings (SSSR count). The number of nitrogens with one attached hydrogen (secondary N) is 1. The van der Waals surface area contributed by atoms with Crippen molar-refractivity contribution in [1.82, 2.24) is 20.0 Å². The van der Waals surface area contributed by atoms with Crippen molar-refractivity contribution in [3.05, 3.63) is 53.9 Å². The van der Waals surface area contributed by atoms with Crippen LogP contribution >= 0.6 is 0 Å². The van der Waals surface area contributed by atoms with E-state index < -0.39 is 23.8 Å². The Balaban J connectivity index is 1.70. The predicted molar refractivity (Wildman–Crippen MR) is 106 cm³/mol. The van der Waals surface area contributed by atoms with Crippen molar-refractivity contribution in [2.75, 3.05) is 13.6 Å². The topological polar surface area (TPSA) is 105 Å². The van der Waals surface area contributed by atoms with Crippen LogP contribution in [0.4, 0.5) is 0 Å². The van der Waals surface area contributed by atoms with E-state index in [0.717, 1.165) is 11.1 Å². The van der Waals surface area contributed by atoms with Gasteiger partial charge in [0.05, 0.1) is 24.1 Å². The highest BCUT2D eigenvalue weighted by Crippen LogP contribution is 2.35. The fourth-order valence-corrected chi connectivity index (χ4v) is 3.86. The number of piperidine rings is 1. The van der Waals surface area contributed by atoms with Crippen molar-refractivity contribution in [3.8, 4) is 0 Å². The molecule has 2 aromatic rings. The molecule has 0 bridgehead atoms. The summed E-state index contributed by atoms with van der Waals surface area (Å²) in [7, 11) is 3.47. The Bertz CT molecular complexity index is 880. The van der Waals surface area contributed by atoms with E-state index in [4.69, 9.17) is 0 Å². The fourth-order valence-electron chi connectivity index (χ4n) is 3.86. The molecule has 0 unspecified atom stereocenters. The molecule has 29 heavy (non-hydrogen) atoms. The molecule has 0 radical (unpaired) electrons. The van der Waals surface area contributed by atoms with Gasteiger partial charge in [0.15, 0.2) is 0 Å². The number of aryl methyl sites for hydroxylation is 1. The van der Waals surface area contributed by atoms with Crippen LogP contribution in [0.25, 0.3) is 0 Å². The molecule has 1 aliphatic heterocycles. The lowest BCUT2D eigenvalue weighted by molar-refractivity contribution is -0.142. The molecule has 2 heterocycles. The number of amides is 2. The first-order valence-electron chi connectivity index (χ1n) is 9.65. The predicted octanol–water partition coefficient (Wildman–Crippen LogP) is 1.39. The zero-order chi connectivity index (χ0) is 21.0. The second kappa shape index (κ2) is 8.89. The van der Waals surface area contributed by atoms with E-state index in [1.165, 1.54) is 0 Å². The smallest absolute Gasteiger partial charge is 0.308 e. The number of hydrogen-bond acceptors (Lipinski definition) is 4. The molecule has 154 valence electrons. The SMILES string of the molecule is CN1C(=O)CC[C@H](C(=O)NC[C@H](Cc2ccccc2)C(=O)O)[C@H]1c1cnn(C)c1. The third kappa shape index (κ3) is 4.82. The number of carboxylic acids is 1. The highest BCUT2D eigenvalue weighted by atomic mass is 16.4. The van der Waals surface area contributed by atoms with Gasteiger partial charge in [-0.3, -0.25) is 19.1 Å². The number of nitrogens with zero attached hydrogens (tertiary/aromatic N) is 3. The van der Waals surface area contributed by atoms with Crippen LogP contribution < -0.4 is 5.32 Å². The Morgan fingerprint density at radius 1 is 1.28 bits per heavy atom. The molecular formula is C21H26N4O4. The average Bonchev–Trinajstić information content (AvgIpc) is 3.13. The Kier molecular flexibility index (Phi) is 6.31. The first-order valence-corrected chi connectivity index (χ1v) is 9.65. The number of aliphatic carboxylic acids is 1. The second-order valence-electron chi connectivity index (χ2n) is 7.51. The molecule has 1 aromatic heterocycles. The summed E-state index contributed by atoms with van der Waals surface area (Å²) in [5.74, 6) is -2.38. The van der Waals surface area contributed by atoms with Crippen LogP contribution in [0.5, 0.6) is 0 Å². The zero-order valence-corrected chi connectivity index (χ0v) is 16.6. The largest absolute Gasteiger partial charge is 0.481 e. The average molecular weight is 398 g/mol. The maximum absolute atomic E-state index is 13.0. The van der Waals surface area contributed by atoms with Crippen LogP contribution in [0.15, 0.2) is 42.7 Å². The highest BCUT2D eigenvalue weighted by Gasteiger charge is 2.39. The van der Waals surface area contributed by atoms with E-state index in [1.807, 2.05) is 30.3 Å². The van der Waals surface area contributed by atoms with E-state index in [2.05, 4.69) is 10.4 Å². The molecule has 8 nitrogen and oxygen atoms in total. The number of aromatic nitrogens is 2. The molecule has 0 saturated carbocycles. The van der Waals surface area contributed by atoms with Crippen LogP contribution in [0, 0.1) is 11.8 Å². The molecular weight excluding hydrogens is 372 g/mol. The van der Waals surface area contributed by atoms with Crippen LogP contribution in [0.2, 0.25) is 0 Å². The normalized spacial score (nSPS) is 20.3. The monoisotopic (exact) mass is 398 g/mol. The van der Waals surface area contributed by atoms with Crippen molar-refractivity contribution in [2.24, 2.45) is 18.9 Å². The molecule has 3 atom stereocenters. The molecule has 1 aromatic carbocycles. The first kappa shape index (κ1) is 20.6. The molecule has 2 N–H and O–H groups in total. The Morgan fingerprint density at radius 3 is 2.62 bits per heavy atom. The summed E-state index contributed by atoms with van der Waals surface area (Å²) in [6.45, 7) is 0.0387. The van der Waals surface area contributed by atoms with Crippen LogP contribution in [0.3, 0.4) is 0 Å². The summed E-state index contributed by atoms with van der Waals surface area (Å²) in [6.07, 6.45) is 4.51. The van der Waals surface area contributed by atoms with Crippen LogP contribution in [-0.4, -0.2) is 51.2 Å². The third-order valence-electron chi connectivity index (χ3n) is 5.46. The summed E-state index contributed by atoms with van der Waals surface area (Å²) in [4.78, 5) is 38.4. The lowest BCUT2D eigenvalue weighted by Gasteiger charge is -2.37. The van der Waals surface area contributed by atoms with Gasteiger partial charge in [-0.2, -0.15) is 5.10 Å². The number of benzene rings is 1. The van der Waals surface area contributed by atoms with E-state index in [9.17, 15) is 19.5 Å². The lowest BCUT2D eigenvalue weighted by atomic mass is 9.85. The second-order valence-corrected chi connectivity index (χ2v) is 7.51. The molecule has 2 amide bonds. The van der Waals surface area contributed by atoms with E-state index in [-0.39, 0.29) is 24.8 Å². The van der Waals surface area contributed by atoms with Gasteiger partial charge in [-0.1, -0.05) is 30.3 Å². The Labute approximate surface area is 169 Å². The van der Waals surface area contributed by atoms with Gasteiger partial charge in [-0.25, -0.2) is 0 Å². The zero-order valence-electron chi connectivity index (χ0n) is 16.6. The number of hydrogen-bond donors (Lipinski definition) is 2. The van der Waals surface area contributed by atoms with Crippen molar-refractivity contribution in [3.63, 3.8) is 0 Å². The minimum Gasteiger partial charge on any atom is -0.481 e. The van der Waals surface area contributed by atoms with Crippen LogP contribution in [0.1, 0.15) is 30.0 Å². The van der Waals surface area contributed by atoms with Crippen molar-refractivity contribution in [1.29, 1.82) is 0 Å². The highest BCUT2D eigenvalue weighted by molar-refractivity contribution is 5.85. The minimum absolute atomic E-state index is 0.0182. The van der Waals surface area contributed by atoms with Crippen molar-refractivity contribution < 1.29 is 19.5 Å². The summed E-state index contributed by atoms with van der Waals surface area (Å²) >= 11 is 0. The van der Waals surface area contributed by atoms with Gasteiger partial charge in [-0.05, 0) is 18.4 Å². The van der Waals surface area contributed by atoms with Gasteiger partial charge < -0.3 is 15.3 Å². The van der Waals surface area contributed by atoms with Crippen LogP contribution in [-0.2, 0) is 27.9 Å². The summed E-state index contributed by atoms with van der Waals surface area (Å²) in [5.41, 5.74) is 1.70. The quantitative estimate of drug-likeness (QED) is 0.733. The number of rotatable bonds is 7. The maximum Gasteiger partial charge on any atom is 0.308 e. The molecule has 0 spiro atoms. The van der Waals surface area contributed by atoms with Gasteiger partial charge in [0.1, 0.15) is 0 Å². The van der Waals surface area contributed by atoms with Crippen molar-refractivity contribution in [2.45, 2.75) is 25.3 Å².